The third-order valence-electron chi connectivity index (χ3n) is 2.87. The topological polar surface area (TPSA) is 55.4 Å². The maximum atomic E-state index is 12.2. The number of sulfonamides is 1. The summed E-state index contributed by atoms with van der Waals surface area (Å²) in [5.74, 6) is 0. The molecule has 2 atom stereocenters. The molecule has 1 fully saturated rings. The Hall–Kier alpha value is -0.140. The van der Waals surface area contributed by atoms with Gasteiger partial charge in [0.2, 0.25) is 10.0 Å². The number of ether oxygens (including phenoxy) is 1. The first-order valence-corrected chi connectivity index (χ1v) is 8.14. The minimum Gasteiger partial charge on any atom is -0.377 e. The zero-order valence-electron chi connectivity index (χ0n) is 9.69. The van der Waals surface area contributed by atoms with E-state index >= 15 is 0 Å². The third-order valence-corrected chi connectivity index (χ3v) is 5.33. The molecule has 2 unspecified atom stereocenters. The SMILES string of the molecule is CC1OCCC1NS(=O)(=O)c1ccc(Br)cc1Cl. The van der Waals surface area contributed by atoms with Crippen LogP contribution < -0.4 is 4.72 Å². The van der Waals surface area contributed by atoms with Crippen LogP contribution in [0.15, 0.2) is 27.6 Å². The van der Waals surface area contributed by atoms with E-state index in [1.165, 1.54) is 6.07 Å². The molecule has 1 aromatic rings. The van der Waals surface area contributed by atoms with Crippen molar-refractivity contribution in [2.75, 3.05) is 6.61 Å². The molecule has 0 spiro atoms. The second kappa shape index (κ2) is 5.46. The maximum Gasteiger partial charge on any atom is 0.242 e. The van der Waals surface area contributed by atoms with Crippen LogP contribution in [-0.2, 0) is 14.8 Å². The van der Waals surface area contributed by atoms with Crippen LogP contribution in [0, 0.1) is 0 Å². The second-order valence-corrected chi connectivity index (χ2v) is 7.17. The standard InChI is InChI=1S/C11H13BrClNO3S/c1-7-10(4-5-17-7)14-18(15,16)11-3-2-8(12)6-9(11)13/h2-3,6-7,10,14H,4-5H2,1H3. The van der Waals surface area contributed by atoms with Gasteiger partial charge in [0.05, 0.1) is 17.2 Å². The van der Waals surface area contributed by atoms with Crippen molar-refractivity contribution < 1.29 is 13.2 Å². The average molecular weight is 355 g/mol. The van der Waals surface area contributed by atoms with E-state index in [-0.39, 0.29) is 22.1 Å². The predicted molar refractivity (Wildman–Crippen MR) is 73.3 cm³/mol. The van der Waals surface area contributed by atoms with E-state index in [0.29, 0.717) is 13.0 Å². The van der Waals surface area contributed by atoms with Gasteiger partial charge in [-0.05, 0) is 31.5 Å². The normalized spacial score (nSPS) is 24.4. The number of nitrogens with one attached hydrogen (secondary N) is 1. The summed E-state index contributed by atoms with van der Waals surface area (Å²) in [5.41, 5.74) is 0. The van der Waals surface area contributed by atoms with Gasteiger partial charge < -0.3 is 4.74 Å². The van der Waals surface area contributed by atoms with Crippen LogP contribution >= 0.6 is 27.5 Å². The first-order valence-electron chi connectivity index (χ1n) is 5.49. The number of halogens is 2. The fourth-order valence-electron chi connectivity index (χ4n) is 1.84. The zero-order valence-corrected chi connectivity index (χ0v) is 12.8. The molecule has 1 aromatic carbocycles. The first-order chi connectivity index (χ1) is 8.40. The Morgan fingerprint density at radius 1 is 1.50 bits per heavy atom. The molecule has 7 heteroatoms. The fraction of sp³-hybridized carbons (Fsp3) is 0.455. The Kier molecular flexibility index (Phi) is 4.33. The summed E-state index contributed by atoms with van der Waals surface area (Å²) in [7, 11) is -3.61. The lowest BCUT2D eigenvalue weighted by molar-refractivity contribution is 0.117. The third kappa shape index (κ3) is 3.05. The Bertz CT molecular complexity index is 549. The van der Waals surface area contributed by atoms with E-state index in [9.17, 15) is 8.42 Å². The fourth-order valence-corrected chi connectivity index (χ4v) is 4.22. The van der Waals surface area contributed by atoms with Crippen LogP contribution in [-0.4, -0.2) is 27.2 Å². The predicted octanol–water partition coefficient (Wildman–Crippen LogP) is 2.56. The summed E-state index contributed by atoms with van der Waals surface area (Å²) in [6, 6.07) is 4.49. The molecule has 0 bridgehead atoms. The molecule has 4 nitrogen and oxygen atoms in total. The Morgan fingerprint density at radius 3 is 2.78 bits per heavy atom. The van der Waals surface area contributed by atoms with Gasteiger partial charge in [-0.15, -0.1) is 0 Å². The molecular formula is C11H13BrClNO3S. The molecule has 100 valence electrons. The summed E-state index contributed by atoms with van der Waals surface area (Å²) in [6.07, 6.45) is 0.558. The van der Waals surface area contributed by atoms with E-state index in [1.807, 2.05) is 6.92 Å². The highest BCUT2D eigenvalue weighted by atomic mass is 79.9. The van der Waals surface area contributed by atoms with Gasteiger partial charge in [-0.25, -0.2) is 13.1 Å². The van der Waals surface area contributed by atoms with Crippen molar-refractivity contribution in [2.45, 2.75) is 30.4 Å². The Morgan fingerprint density at radius 2 is 2.22 bits per heavy atom. The summed E-state index contributed by atoms with van der Waals surface area (Å²) in [6.45, 7) is 2.42. The number of hydrogen-bond acceptors (Lipinski definition) is 3. The highest BCUT2D eigenvalue weighted by Crippen LogP contribution is 2.26. The molecule has 0 amide bonds. The van der Waals surface area contributed by atoms with Crippen LogP contribution in [0.2, 0.25) is 5.02 Å². The molecule has 1 heterocycles. The van der Waals surface area contributed by atoms with Gasteiger partial charge in [-0.3, -0.25) is 0 Å². The molecule has 1 aliphatic heterocycles. The minimum absolute atomic E-state index is 0.0893. The van der Waals surface area contributed by atoms with Gasteiger partial charge in [0.1, 0.15) is 4.90 Å². The largest absolute Gasteiger partial charge is 0.377 e. The molecule has 0 aromatic heterocycles. The quantitative estimate of drug-likeness (QED) is 0.907. The van der Waals surface area contributed by atoms with Gasteiger partial charge in [0.15, 0.2) is 0 Å². The Labute approximate surface area is 120 Å². The highest BCUT2D eigenvalue weighted by molar-refractivity contribution is 9.10. The van der Waals surface area contributed by atoms with Gasteiger partial charge in [-0.1, -0.05) is 27.5 Å². The monoisotopic (exact) mass is 353 g/mol. The van der Waals surface area contributed by atoms with Crippen LogP contribution in [0.4, 0.5) is 0 Å². The van der Waals surface area contributed by atoms with Crippen molar-refractivity contribution in [1.82, 2.24) is 4.72 Å². The molecule has 1 aliphatic rings. The van der Waals surface area contributed by atoms with Gasteiger partial charge in [0.25, 0.3) is 0 Å². The molecule has 1 N–H and O–H groups in total. The smallest absolute Gasteiger partial charge is 0.242 e. The molecular weight excluding hydrogens is 342 g/mol. The lowest BCUT2D eigenvalue weighted by Crippen LogP contribution is -2.39. The number of benzene rings is 1. The molecule has 0 radical (unpaired) electrons. The van der Waals surface area contributed by atoms with E-state index in [2.05, 4.69) is 20.7 Å². The minimum atomic E-state index is -3.61. The van der Waals surface area contributed by atoms with Crippen LogP contribution in [0.3, 0.4) is 0 Å². The Balaban J connectivity index is 2.25. The maximum absolute atomic E-state index is 12.2. The van der Waals surface area contributed by atoms with E-state index in [0.717, 1.165) is 4.47 Å². The lowest BCUT2D eigenvalue weighted by Gasteiger charge is -2.16. The van der Waals surface area contributed by atoms with Crippen molar-refractivity contribution in [3.8, 4) is 0 Å². The van der Waals surface area contributed by atoms with E-state index in [4.69, 9.17) is 16.3 Å². The first kappa shape index (κ1) is 14.3. The van der Waals surface area contributed by atoms with E-state index in [1.54, 1.807) is 12.1 Å². The number of rotatable bonds is 3. The molecule has 2 rings (SSSR count). The van der Waals surface area contributed by atoms with E-state index < -0.39 is 10.0 Å². The summed E-state index contributed by atoms with van der Waals surface area (Å²) < 4.78 is 33.1. The van der Waals surface area contributed by atoms with Crippen LogP contribution in [0.25, 0.3) is 0 Å². The lowest BCUT2D eigenvalue weighted by atomic mass is 10.2. The highest BCUT2D eigenvalue weighted by Gasteiger charge is 2.30. The summed E-state index contributed by atoms with van der Waals surface area (Å²) in [4.78, 5) is 0.0893. The van der Waals surface area contributed by atoms with Crippen molar-refractivity contribution in [3.05, 3.63) is 27.7 Å². The van der Waals surface area contributed by atoms with Gasteiger partial charge in [0, 0.05) is 11.1 Å². The van der Waals surface area contributed by atoms with Crippen molar-refractivity contribution in [3.63, 3.8) is 0 Å². The van der Waals surface area contributed by atoms with Crippen LogP contribution in [0.1, 0.15) is 13.3 Å². The molecule has 0 aliphatic carbocycles. The van der Waals surface area contributed by atoms with Gasteiger partial charge in [-0.2, -0.15) is 0 Å². The van der Waals surface area contributed by atoms with Crippen molar-refractivity contribution in [1.29, 1.82) is 0 Å². The van der Waals surface area contributed by atoms with Crippen LogP contribution in [0.5, 0.6) is 0 Å². The zero-order chi connectivity index (χ0) is 13.3. The average Bonchev–Trinajstić information content (AvgIpc) is 2.63. The van der Waals surface area contributed by atoms with Crippen molar-refractivity contribution >= 4 is 37.6 Å². The van der Waals surface area contributed by atoms with Gasteiger partial charge >= 0.3 is 0 Å². The molecule has 1 saturated heterocycles. The van der Waals surface area contributed by atoms with Crippen molar-refractivity contribution in [2.24, 2.45) is 0 Å². The molecule has 18 heavy (non-hydrogen) atoms. The number of hydrogen-bond donors (Lipinski definition) is 1. The molecule has 0 saturated carbocycles. The second-order valence-electron chi connectivity index (χ2n) is 4.17. The summed E-state index contributed by atoms with van der Waals surface area (Å²) >= 11 is 9.20. The summed E-state index contributed by atoms with van der Waals surface area (Å²) in [5, 5.41) is 0.198.